The van der Waals surface area contributed by atoms with Gasteiger partial charge < -0.3 is 25.2 Å². The lowest BCUT2D eigenvalue weighted by molar-refractivity contribution is -0.137. The van der Waals surface area contributed by atoms with Gasteiger partial charge in [0, 0.05) is 43.9 Å². The summed E-state index contributed by atoms with van der Waals surface area (Å²) in [6, 6.07) is 8.04. The Hall–Kier alpha value is -4.49. The standard InChI is InChI=1S/C28H30F3N8O4P/c1-4-44(41)16-17-6-7-21(23(12-17)42-3)37-27-33-14-19(28(29,30)31)25(38-27)36-22-9-8-20(35-24(22)26(40)32-2)18-13-34-39(15-18)10-5-11-43-44/h6-9,12-15H,4-5,10-11,16H2,1-3H3,(H,32,40)(H2,33,36,37,38)/t44-/m0/s1. The molecule has 16 heteroatoms. The van der Waals surface area contributed by atoms with E-state index in [2.05, 4.69) is 36.0 Å². The number of halogens is 3. The van der Waals surface area contributed by atoms with Gasteiger partial charge in [0.1, 0.15) is 17.1 Å². The van der Waals surface area contributed by atoms with Crippen molar-refractivity contribution in [3.63, 3.8) is 0 Å². The van der Waals surface area contributed by atoms with Gasteiger partial charge in [-0.3, -0.25) is 14.0 Å². The minimum Gasteiger partial charge on any atom is -0.495 e. The lowest BCUT2D eigenvalue weighted by Crippen LogP contribution is -2.21. The van der Waals surface area contributed by atoms with Crippen LogP contribution in [0, 0.1) is 0 Å². The van der Waals surface area contributed by atoms with Crippen LogP contribution >= 0.6 is 7.37 Å². The van der Waals surface area contributed by atoms with Crippen molar-refractivity contribution in [1.29, 1.82) is 0 Å². The molecule has 3 aromatic heterocycles. The Balaban J connectivity index is 1.63. The average Bonchev–Trinajstić information content (AvgIpc) is 3.48. The highest BCUT2D eigenvalue weighted by Crippen LogP contribution is 2.50. The molecule has 0 aliphatic carbocycles. The van der Waals surface area contributed by atoms with E-state index in [4.69, 9.17) is 9.26 Å². The maximum Gasteiger partial charge on any atom is 0.421 e. The summed E-state index contributed by atoms with van der Waals surface area (Å²) < 4.78 is 68.7. The second kappa shape index (κ2) is 12.6. The van der Waals surface area contributed by atoms with Gasteiger partial charge in [0.25, 0.3) is 5.91 Å². The number of alkyl halides is 3. The number of hydrogen-bond acceptors (Lipinski definition) is 10. The highest BCUT2D eigenvalue weighted by molar-refractivity contribution is 7.58. The van der Waals surface area contributed by atoms with Gasteiger partial charge in [-0.25, -0.2) is 9.97 Å². The number of nitrogens with one attached hydrogen (secondary N) is 3. The molecular weight excluding hydrogens is 600 g/mol. The summed E-state index contributed by atoms with van der Waals surface area (Å²) in [6.45, 7) is 2.52. The Morgan fingerprint density at radius 3 is 2.68 bits per heavy atom. The number of aryl methyl sites for hydroxylation is 1. The summed E-state index contributed by atoms with van der Waals surface area (Å²) in [6.07, 6.45) is 0.162. The van der Waals surface area contributed by atoms with Crippen molar-refractivity contribution in [2.24, 2.45) is 0 Å². The van der Waals surface area contributed by atoms with E-state index < -0.39 is 30.8 Å². The summed E-state index contributed by atoms with van der Waals surface area (Å²) in [7, 11) is -0.209. The fraction of sp³-hybridized carbons (Fsp3) is 0.321. The molecule has 4 aliphatic rings. The molecule has 232 valence electrons. The molecule has 8 bridgehead atoms. The van der Waals surface area contributed by atoms with Crippen molar-refractivity contribution in [2.45, 2.75) is 32.2 Å². The fourth-order valence-electron chi connectivity index (χ4n) is 4.54. The molecule has 7 heterocycles. The molecule has 0 fully saturated rings. The first-order valence-electron chi connectivity index (χ1n) is 13.7. The fourth-order valence-corrected chi connectivity index (χ4v) is 6.26. The zero-order chi connectivity index (χ0) is 31.5. The minimum absolute atomic E-state index is 0.00257. The normalized spacial score (nSPS) is 17.1. The predicted molar refractivity (Wildman–Crippen MR) is 158 cm³/mol. The van der Waals surface area contributed by atoms with E-state index in [-0.39, 0.29) is 30.1 Å². The van der Waals surface area contributed by atoms with Crippen molar-refractivity contribution < 1.29 is 31.8 Å². The molecule has 4 aliphatic heterocycles. The number of aromatic nitrogens is 5. The van der Waals surface area contributed by atoms with Gasteiger partial charge in [-0.05, 0) is 36.2 Å². The molecule has 12 nitrogen and oxygen atoms in total. The van der Waals surface area contributed by atoms with Crippen LogP contribution < -0.4 is 20.7 Å². The minimum atomic E-state index is -4.81. The van der Waals surface area contributed by atoms with Crippen LogP contribution in [-0.4, -0.2) is 57.6 Å². The lowest BCUT2D eigenvalue weighted by atomic mass is 10.1. The summed E-state index contributed by atoms with van der Waals surface area (Å²) in [5.41, 5.74) is 0.731. The van der Waals surface area contributed by atoms with Crippen molar-refractivity contribution >= 4 is 36.4 Å². The summed E-state index contributed by atoms with van der Waals surface area (Å²) in [4.78, 5) is 25.2. The van der Waals surface area contributed by atoms with Gasteiger partial charge in [-0.15, -0.1) is 0 Å². The van der Waals surface area contributed by atoms with Crippen LogP contribution in [0.4, 0.5) is 36.3 Å². The largest absolute Gasteiger partial charge is 0.495 e. The summed E-state index contributed by atoms with van der Waals surface area (Å²) in [5, 5.41) is 12.3. The predicted octanol–water partition coefficient (Wildman–Crippen LogP) is 5.83. The van der Waals surface area contributed by atoms with Crippen LogP contribution in [0.15, 0.2) is 48.9 Å². The molecule has 1 amide bonds. The van der Waals surface area contributed by atoms with Gasteiger partial charge in [-0.1, -0.05) is 13.0 Å². The van der Waals surface area contributed by atoms with Gasteiger partial charge in [0.15, 0.2) is 5.69 Å². The van der Waals surface area contributed by atoms with Crippen molar-refractivity contribution in [3.05, 3.63) is 65.7 Å². The molecule has 3 N–H and O–H groups in total. The van der Waals surface area contributed by atoms with Gasteiger partial charge >= 0.3 is 6.18 Å². The smallest absolute Gasteiger partial charge is 0.421 e. The second-order valence-corrected chi connectivity index (χ2v) is 12.7. The van der Waals surface area contributed by atoms with Crippen LogP contribution in [0.2, 0.25) is 0 Å². The van der Waals surface area contributed by atoms with Crippen LogP contribution in [0.1, 0.15) is 35.0 Å². The number of hydrogen-bond donors (Lipinski definition) is 3. The average molecular weight is 631 g/mol. The molecule has 1 aromatic carbocycles. The van der Waals surface area contributed by atoms with E-state index >= 15 is 0 Å². The Morgan fingerprint density at radius 2 is 1.95 bits per heavy atom. The van der Waals surface area contributed by atoms with E-state index in [1.807, 2.05) is 0 Å². The van der Waals surface area contributed by atoms with Gasteiger partial charge in [0.2, 0.25) is 13.3 Å². The first kappa shape index (κ1) is 31.0. The van der Waals surface area contributed by atoms with E-state index in [1.54, 1.807) is 48.3 Å². The molecule has 4 aromatic rings. The maximum atomic E-state index is 14.0. The van der Waals surface area contributed by atoms with E-state index in [0.717, 1.165) is 0 Å². The quantitative estimate of drug-likeness (QED) is 0.237. The topological polar surface area (TPSA) is 145 Å². The highest BCUT2D eigenvalue weighted by atomic mass is 31.2. The third kappa shape index (κ3) is 6.84. The number of benzene rings is 1. The van der Waals surface area contributed by atoms with Crippen LogP contribution in [-0.2, 0) is 28.0 Å². The van der Waals surface area contributed by atoms with Crippen molar-refractivity contribution in [2.75, 3.05) is 37.6 Å². The second-order valence-electron chi connectivity index (χ2n) is 9.88. The molecule has 0 unspecified atom stereocenters. The monoisotopic (exact) mass is 630 g/mol. The number of anilines is 4. The number of rotatable bonds is 3. The molecule has 0 saturated carbocycles. The first-order chi connectivity index (χ1) is 21.0. The zero-order valence-electron chi connectivity index (χ0n) is 24.1. The van der Waals surface area contributed by atoms with Crippen LogP contribution in [0.3, 0.4) is 0 Å². The Morgan fingerprint density at radius 1 is 1.16 bits per heavy atom. The number of nitrogens with zero attached hydrogens (tertiary/aromatic N) is 5. The SMILES string of the molecule is CC[P@@]1(=O)Cc2ccc(c(OC)c2)Nc2ncc(C(F)(F)F)c(n2)Nc2ccc(nc2C(=O)NC)-c2cnn(c2)CCCO1. The van der Waals surface area contributed by atoms with Crippen molar-refractivity contribution in [3.8, 4) is 17.0 Å². The molecule has 8 rings (SSSR count). The summed E-state index contributed by atoms with van der Waals surface area (Å²) >= 11 is 0. The lowest BCUT2D eigenvalue weighted by Gasteiger charge is -2.19. The Bertz CT molecular complexity index is 1730. The van der Waals surface area contributed by atoms with Crippen LogP contribution in [0.25, 0.3) is 11.3 Å². The third-order valence-corrected chi connectivity index (χ3v) is 9.35. The van der Waals surface area contributed by atoms with Gasteiger partial charge in [0.05, 0.1) is 37.0 Å². The molecule has 0 saturated heterocycles. The van der Waals surface area contributed by atoms with Gasteiger partial charge in [-0.2, -0.15) is 23.3 Å². The molecule has 0 spiro atoms. The zero-order valence-corrected chi connectivity index (χ0v) is 25.0. The molecule has 1 atom stereocenters. The first-order valence-corrected chi connectivity index (χ1v) is 15.6. The molecule has 0 radical (unpaired) electrons. The van der Waals surface area contributed by atoms with Crippen molar-refractivity contribution in [1.82, 2.24) is 30.0 Å². The summed E-state index contributed by atoms with van der Waals surface area (Å²) in [5.74, 6) is -1.06. The van der Waals surface area contributed by atoms with Crippen LogP contribution in [0.5, 0.6) is 5.75 Å². The number of ether oxygens (including phenoxy) is 1. The Labute approximate surface area is 250 Å². The Kier molecular flexibility index (Phi) is 8.88. The number of carbonyl (C=O) groups excluding carboxylic acids is 1. The maximum absolute atomic E-state index is 14.0. The number of carbonyl (C=O) groups is 1. The van der Waals surface area contributed by atoms with E-state index in [9.17, 15) is 22.5 Å². The molecular formula is C28H30F3N8O4P. The van der Waals surface area contributed by atoms with E-state index in [0.29, 0.717) is 53.6 Å². The third-order valence-electron chi connectivity index (χ3n) is 6.89. The number of methoxy groups -OCH3 is 1. The van der Waals surface area contributed by atoms with E-state index in [1.165, 1.54) is 20.2 Å². The number of amides is 1. The highest BCUT2D eigenvalue weighted by Gasteiger charge is 2.36. The number of pyridine rings is 1. The molecule has 44 heavy (non-hydrogen) atoms.